The van der Waals surface area contributed by atoms with Crippen molar-refractivity contribution in [3.8, 4) is 5.75 Å². The largest absolute Gasteiger partial charge is 0.497 e. The third-order valence-electron chi connectivity index (χ3n) is 4.05. The minimum absolute atomic E-state index is 0. The zero-order valence-corrected chi connectivity index (χ0v) is 14.4. The van der Waals surface area contributed by atoms with Crippen LogP contribution in [0.25, 0.3) is 0 Å². The minimum atomic E-state index is 0. The van der Waals surface area contributed by atoms with Crippen molar-refractivity contribution in [2.75, 3.05) is 13.7 Å². The molecule has 0 aromatic heterocycles. The summed E-state index contributed by atoms with van der Waals surface area (Å²) in [4.78, 5) is 12.2. The molecule has 2 rings (SSSR count). The molecule has 124 valence electrons. The van der Waals surface area contributed by atoms with Crippen molar-refractivity contribution in [2.45, 2.75) is 45.2 Å². The first-order valence-electron chi connectivity index (χ1n) is 7.77. The van der Waals surface area contributed by atoms with Crippen LogP contribution in [0.15, 0.2) is 24.3 Å². The van der Waals surface area contributed by atoms with Crippen molar-refractivity contribution in [3.05, 3.63) is 29.8 Å². The Morgan fingerprint density at radius 1 is 1.36 bits per heavy atom. The van der Waals surface area contributed by atoms with Crippen LogP contribution in [-0.2, 0) is 4.79 Å². The van der Waals surface area contributed by atoms with Gasteiger partial charge in [0.1, 0.15) is 5.75 Å². The third-order valence-corrected chi connectivity index (χ3v) is 4.05. The van der Waals surface area contributed by atoms with Crippen molar-refractivity contribution >= 4 is 18.3 Å². The van der Waals surface area contributed by atoms with Gasteiger partial charge in [0.2, 0.25) is 5.91 Å². The lowest BCUT2D eigenvalue weighted by molar-refractivity contribution is -0.122. The van der Waals surface area contributed by atoms with E-state index in [0.29, 0.717) is 18.4 Å². The van der Waals surface area contributed by atoms with E-state index in [-0.39, 0.29) is 24.4 Å². The number of methoxy groups -OCH3 is 1. The lowest BCUT2D eigenvalue weighted by atomic mass is 9.95. The van der Waals surface area contributed by atoms with Crippen LogP contribution in [-0.4, -0.2) is 25.6 Å². The molecule has 5 heteroatoms. The molecular weight excluding hydrogens is 300 g/mol. The molecule has 0 aliphatic carbocycles. The van der Waals surface area contributed by atoms with Crippen molar-refractivity contribution in [1.82, 2.24) is 10.6 Å². The molecule has 1 fully saturated rings. The summed E-state index contributed by atoms with van der Waals surface area (Å²) in [6, 6.07) is 8.32. The lowest BCUT2D eigenvalue weighted by Gasteiger charge is -2.24. The SMILES string of the molecule is COc1ccc(C(NC(=O)CC2CCCN2)C(C)C)cc1.Cl. The average Bonchev–Trinajstić information content (AvgIpc) is 2.97. The van der Waals surface area contributed by atoms with Crippen LogP contribution in [0.1, 0.15) is 44.7 Å². The number of halogens is 1. The molecule has 4 nitrogen and oxygen atoms in total. The highest BCUT2D eigenvalue weighted by Crippen LogP contribution is 2.24. The normalized spacial score (nSPS) is 18.6. The van der Waals surface area contributed by atoms with Gasteiger partial charge in [-0.25, -0.2) is 0 Å². The topological polar surface area (TPSA) is 50.4 Å². The molecule has 1 aliphatic heterocycles. The van der Waals surface area contributed by atoms with Crippen molar-refractivity contribution in [3.63, 3.8) is 0 Å². The lowest BCUT2D eigenvalue weighted by Crippen LogP contribution is -2.36. The van der Waals surface area contributed by atoms with Crippen LogP contribution in [0, 0.1) is 5.92 Å². The van der Waals surface area contributed by atoms with E-state index >= 15 is 0 Å². The third kappa shape index (κ3) is 5.18. The first kappa shape index (κ1) is 18.8. The number of ether oxygens (including phenoxy) is 1. The van der Waals surface area contributed by atoms with E-state index in [4.69, 9.17) is 4.74 Å². The van der Waals surface area contributed by atoms with Crippen LogP contribution in [0.2, 0.25) is 0 Å². The maximum Gasteiger partial charge on any atom is 0.222 e. The minimum Gasteiger partial charge on any atom is -0.497 e. The highest BCUT2D eigenvalue weighted by Gasteiger charge is 2.22. The Morgan fingerprint density at radius 2 is 2.05 bits per heavy atom. The van der Waals surface area contributed by atoms with E-state index in [2.05, 4.69) is 24.5 Å². The fraction of sp³-hybridized carbons (Fsp3) is 0.588. The number of amides is 1. The number of hydrogen-bond acceptors (Lipinski definition) is 3. The summed E-state index contributed by atoms with van der Waals surface area (Å²) in [7, 11) is 1.66. The molecule has 1 aromatic carbocycles. The van der Waals surface area contributed by atoms with Crippen molar-refractivity contribution < 1.29 is 9.53 Å². The molecule has 2 unspecified atom stereocenters. The molecule has 0 saturated carbocycles. The second kappa shape index (κ2) is 9.01. The van der Waals surface area contributed by atoms with E-state index in [9.17, 15) is 4.79 Å². The number of nitrogens with one attached hydrogen (secondary N) is 2. The molecular formula is C17H27ClN2O2. The van der Waals surface area contributed by atoms with E-state index < -0.39 is 0 Å². The van der Waals surface area contributed by atoms with Crippen LogP contribution in [0.3, 0.4) is 0 Å². The highest BCUT2D eigenvalue weighted by molar-refractivity contribution is 5.85. The first-order chi connectivity index (χ1) is 10.1. The van der Waals surface area contributed by atoms with E-state index in [1.807, 2.05) is 24.3 Å². The van der Waals surface area contributed by atoms with Gasteiger partial charge in [-0.3, -0.25) is 4.79 Å². The fourth-order valence-corrected chi connectivity index (χ4v) is 2.83. The number of hydrogen-bond donors (Lipinski definition) is 2. The summed E-state index contributed by atoms with van der Waals surface area (Å²) in [5.74, 6) is 1.31. The van der Waals surface area contributed by atoms with Gasteiger partial charge in [-0.2, -0.15) is 0 Å². The Kier molecular flexibility index (Phi) is 7.69. The zero-order chi connectivity index (χ0) is 15.2. The summed E-state index contributed by atoms with van der Waals surface area (Å²) in [6.07, 6.45) is 2.84. The Labute approximate surface area is 139 Å². The van der Waals surface area contributed by atoms with Crippen LogP contribution < -0.4 is 15.4 Å². The Morgan fingerprint density at radius 3 is 2.55 bits per heavy atom. The summed E-state index contributed by atoms with van der Waals surface area (Å²) in [5, 5.41) is 6.54. The Bertz CT molecular complexity index is 456. The van der Waals surface area contributed by atoms with Crippen molar-refractivity contribution in [1.29, 1.82) is 0 Å². The molecule has 0 bridgehead atoms. The maximum atomic E-state index is 12.2. The first-order valence-corrected chi connectivity index (χ1v) is 7.77. The molecule has 1 saturated heterocycles. The molecule has 1 aromatic rings. The maximum absolute atomic E-state index is 12.2. The van der Waals surface area contributed by atoms with Gasteiger partial charge >= 0.3 is 0 Å². The van der Waals surface area contributed by atoms with E-state index in [0.717, 1.165) is 24.3 Å². The highest BCUT2D eigenvalue weighted by atomic mass is 35.5. The predicted octanol–water partition coefficient (Wildman–Crippen LogP) is 3.07. The van der Waals surface area contributed by atoms with E-state index in [1.54, 1.807) is 7.11 Å². The standard InChI is InChI=1S/C17H26N2O2.ClH/c1-12(2)17(13-6-8-15(21-3)9-7-13)19-16(20)11-14-5-4-10-18-14;/h6-9,12,14,17-18H,4-5,10-11H2,1-3H3,(H,19,20);1H. The number of carbonyl (C=O) groups is 1. The molecule has 2 atom stereocenters. The number of carbonyl (C=O) groups excluding carboxylic acids is 1. The van der Waals surface area contributed by atoms with Gasteiger partial charge < -0.3 is 15.4 Å². The smallest absolute Gasteiger partial charge is 0.222 e. The zero-order valence-electron chi connectivity index (χ0n) is 13.6. The predicted molar refractivity (Wildman–Crippen MR) is 91.6 cm³/mol. The molecule has 1 amide bonds. The average molecular weight is 327 g/mol. The second-order valence-electron chi connectivity index (χ2n) is 6.06. The van der Waals surface area contributed by atoms with Gasteiger partial charge in [0, 0.05) is 12.5 Å². The van der Waals surface area contributed by atoms with Crippen molar-refractivity contribution in [2.24, 2.45) is 5.92 Å². The molecule has 1 aliphatic rings. The van der Waals surface area contributed by atoms with Gasteiger partial charge in [0.25, 0.3) is 0 Å². The summed E-state index contributed by atoms with van der Waals surface area (Å²) in [6.45, 7) is 5.29. The molecule has 22 heavy (non-hydrogen) atoms. The summed E-state index contributed by atoms with van der Waals surface area (Å²) in [5.41, 5.74) is 1.12. The number of benzene rings is 1. The van der Waals surface area contributed by atoms with E-state index in [1.165, 1.54) is 6.42 Å². The van der Waals surface area contributed by atoms with Crippen LogP contribution in [0.4, 0.5) is 0 Å². The monoisotopic (exact) mass is 326 g/mol. The van der Waals surface area contributed by atoms with Crippen LogP contribution >= 0.6 is 12.4 Å². The summed E-state index contributed by atoms with van der Waals surface area (Å²) >= 11 is 0. The van der Waals surface area contributed by atoms with Gasteiger partial charge in [0.05, 0.1) is 13.2 Å². The number of rotatable bonds is 6. The molecule has 0 radical (unpaired) electrons. The van der Waals surface area contributed by atoms with Gasteiger partial charge in [-0.15, -0.1) is 12.4 Å². The second-order valence-corrected chi connectivity index (χ2v) is 6.06. The Balaban J connectivity index is 0.00000242. The summed E-state index contributed by atoms with van der Waals surface area (Å²) < 4.78 is 5.18. The van der Waals surface area contributed by atoms with Gasteiger partial charge in [-0.1, -0.05) is 26.0 Å². The van der Waals surface area contributed by atoms with Crippen LogP contribution in [0.5, 0.6) is 5.75 Å². The molecule has 1 heterocycles. The molecule has 2 N–H and O–H groups in total. The quantitative estimate of drug-likeness (QED) is 0.844. The Hall–Kier alpha value is -1.26. The molecule has 0 spiro atoms. The van der Waals surface area contributed by atoms with Gasteiger partial charge in [0.15, 0.2) is 0 Å². The fourth-order valence-electron chi connectivity index (χ4n) is 2.83. The van der Waals surface area contributed by atoms with Gasteiger partial charge in [-0.05, 0) is 43.0 Å².